The molecule has 8 heteroatoms. The smallest absolute Gasteiger partial charge is 0.267 e. The average Bonchev–Trinajstić information content (AvgIpc) is 2.69. The molecule has 106 valence electrons. The molecule has 1 saturated heterocycles. The quantitative estimate of drug-likeness (QED) is 0.720. The van der Waals surface area contributed by atoms with Gasteiger partial charge in [0.25, 0.3) is 5.56 Å². The summed E-state index contributed by atoms with van der Waals surface area (Å²) in [4.78, 5) is 16.1. The van der Waals surface area contributed by atoms with Crippen LogP contribution in [-0.2, 0) is 16.4 Å². The van der Waals surface area contributed by atoms with Gasteiger partial charge in [-0.15, -0.1) is 0 Å². The molecule has 0 aromatic carbocycles. The number of sulfone groups is 1. The third-order valence-electron chi connectivity index (χ3n) is 3.18. The highest BCUT2D eigenvalue weighted by molar-refractivity contribution is 14.1. The minimum Gasteiger partial charge on any atom is -0.311 e. The van der Waals surface area contributed by atoms with Crippen molar-refractivity contribution < 1.29 is 8.42 Å². The van der Waals surface area contributed by atoms with Gasteiger partial charge < -0.3 is 5.32 Å². The first-order valence-corrected chi connectivity index (χ1v) is 8.94. The van der Waals surface area contributed by atoms with Crippen molar-refractivity contribution in [3.63, 3.8) is 0 Å². The minimum absolute atomic E-state index is 0.0122. The van der Waals surface area contributed by atoms with Gasteiger partial charge in [0.2, 0.25) is 0 Å². The fourth-order valence-corrected chi connectivity index (χ4v) is 4.21. The second-order valence-corrected chi connectivity index (χ2v) is 8.00. The Kier molecular flexibility index (Phi) is 4.62. The highest BCUT2D eigenvalue weighted by Gasteiger charge is 2.27. The number of halogens is 1. The van der Waals surface area contributed by atoms with Gasteiger partial charge in [0.05, 0.1) is 27.1 Å². The normalized spacial score (nSPS) is 21.7. The van der Waals surface area contributed by atoms with Crippen LogP contribution in [0.4, 0.5) is 0 Å². The molecule has 2 rings (SSSR count). The van der Waals surface area contributed by atoms with Crippen LogP contribution < -0.4 is 10.9 Å². The Bertz CT molecular complexity index is 627. The Balaban J connectivity index is 1.90. The molecule has 1 N–H and O–H groups in total. The van der Waals surface area contributed by atoms with E-state index in [4.69, 9.17) is 0 Å². The van der Waals surface area contributed by atoms with Crippen molar-refractivity contribution in [2.75, 3.05) is 18.1 Å². The zero-order valence-corrected chi connectivity index (χ0v) is 13.6. The van der Waals surface area contributed by atoms with E-state index in [1.54, 1.807) is 11.5 Å². The number of nitrogens with one attached hydrogen (secondary N) is 1. The first kappa shape index (κ1) is 14.9. The molecule has 1 aliphatic heterocycles. The Labute approximate surface area is 125 Å². The van der Waals surface area contributed by atoms with Crippen LogP contribution in [-0.4, -0.2) is 42.1 Å². The largest absolute Gasteiger partial charge is 0.311 e. The Morgan fingerprint density at radius 3 is 2.95 bits per heavy atom. The van der Waals surface area contributed by atoms with Crippen LogP contribution in [0.25, 0.3) is 0 Å². The van der Waals surface area contributed by atoms with E-state index < -0.39 is 9.84 Å². The molecule has 0 amide bonds. The van der Waals surface area contributed by atoms with Crippen molar-refractivity contribution in [3.8, 4) is 0 Å². The maximum Gasteiger partial charge on any atom is 0.267 e. The number of aromatic nitrogens is 2. The Morgan fingerprint density at radius 2 is 2.32 bits per heavy atom. The van der Waals surface area contributed by atoms with E-state index >= 15 is 0 Å². The zero-order valence-electron chi connectivity index (χ0n) is 10.6. The fourth-order valence-electron chi connectivity index (χ4n) is 2.05. The van der Waals surface area contributed by atoms with Crippen molar-refractivity contribution in [3.05, 3.63) is 25.9 Å². The second kappa shape index (κ2) is 5.88. The molecular formula is C11H16IN3O3S. The van der Waals surface area contributed by atoms with Crippen LogP contribution in [0.2, 0.25) is 0 Å². The third-order valence-corrected chi connectivity index (χ3v) is 6.19. The van der Waals surface area contributed by atoms with Gasteiger partial charge in [0.1, 0.15) is 0 Å². The summed E-state index contributed by atoms with van der Waals surface area (Å²) in [5.74, 6) is 0.459. The lowest BCUT2D eigenvalue weighted by Gasteiger charge is -2.12. The predicted molar refractivity (Wildman–Crippen MR) is 81.0 cm³/mol. The molecule has 1 aliphatic rings. The highest BCUT2D eigenvalue weighted by atomic mass is 127. The third kappa shape index (κ3) is 3.76. The standard InChI is InChI=1S/C11H16IN3O3S/c1-8-10(12)11(16)15(7-14-8)4-3-13-9-2-5-19(17,18)6-9/h7,9,13H,2-6H2,1H3. The number of aryl methyl sites for hydroxylation is 1. The molecule has 1 atom stereocenters. The summed E-state index contributed by atoms with van der Waals surface area (Å²) in [5, 5.41) is 3.18. The van der Waals surface area contributed by atoms with Crippen molar-refractivity contribution >= 4 is 32.4 Å². The predicted octanol–water partition coefficient (Wildman–Crippen LogP) is -0.0670. The molecule has 1 aromatic rings. The van der Waals surface area contributed by atoms with Crippen molar-refractivity contribution in [1.29, 1.82) is 0 Å². The first-order chi connectivity index (χ1) is 8.89. The summed E-state index contributed by atoms with van der Waals surface area (Å²) in [7, 11) is -2.86. The van der Waals surface area contributed by atoms with E-state index in [0.717, 1.165) is 5.69 Å². The van der Waals surface area contributed by atoms with Crippen LogP contribution in [0.3, 0.4) is 0 Å². The molecule has 0 spiro atoms. The van der Waals surface area contributed by atoms with E-state index in [9.17, 15) is 13.2 Å². The lowest BCUT2D eigenvalue weighted by atomic mass is 10.2. The summed E-state index contributed by atoms with van der Waals surface area (Å²) in [6, 6.07) is 0.0122. The van der Waals surface area contributed by atoms with Crippen LogP contribution in [0.1, 0.15) is 12.1 Å². The van der Waals surface area contributed by atoms with E-state index in [-0.39, 0.29) is 23.1 Å². The van der Waals surface area contributed by atoms with Crippen LogP contribution in [0, 0.1) is 10.5 Å². The molecule has 0 radical (unpaired) electrons. The molecule has 0 aliphatic carbocycles. The minimum atomic E-state index is -2.86. The Hall–Kier alpha value is -0.480. The van der Waals surface area contributed by atoms with Crippen LogP contribution in [0.5, 0.6) is 0 Å². The van der Waals surface area contributed by atoms with Gasteiger partial charge in [-0.2, -0.15) is 0 Å². The molecule has 19 heavy (non-hydrogen) atoms. The molecule has 2 heterocycles. The summed E-state index contributed by atoms with van der Waals surface area (Å²) in [5.41, 5.74) is 0.686. The summed E-state index contributed by atoms with van der Waals surface area (Å²) in [6.45, 7) is 2.87. The van der Waals surface area contributed by atoms with Crippen LogP contribution >= 0.6 is 22.6 Å². The highest BCUT2D eigenvalue weighted by Crippen LogP contribution is 2.10. The summed E-state index contributed by atoms with van der Waals surface area (Å²) >= 11 is 1.99. The maximum atomic E-state index is 11.9. The van der Waals surface area contributed by atoms with Gasteiger partial charge >= 0.3 is 0 Å². The number of hydrogen-bond acceptors (Lipinski definition) is 5. The molecule has 1 fully saturated rings. The lowest BCUT2D eigenvalue weighted by molar-refractivity contribution is 0.510. The molecule has 0 bridgehead atoms. The first-order valence-electron chi connectivity index (χ1n) is 6.04. The lowest BCUT2D eigenvalue weighted by Crippen LogP contribution is -2.35. The van der Waals surface area contributed by atoms with Gasteiger partial charge in [0.15, 0.2) is 9.84 Å². The van der Waals surface area contributed by atoms with E-state index in [0.29, 0.717) is 23.1 Å². The number of rotatable bonds is 4. The van der Waals surface area contributed by atoms with Crippen molar-refractivity contribution in [2.45, 2.75) is 25.9 Å². The average molecular weight is 397 g/mol. The van der Waals surface area contributed by atoms with Gasteiger partial charge in [-0.3, -0.25) is 9.36 Å². The molecule has 1 unspecified atom stereocenters. The number of hydrogen-bond donors (Lipinski definition) is 1. The van der Waals surface area contributed by atoms with E-state index in [1.807, 2.05) is 22.6 Å². The Morgan fingerprint density at radius 1 is 1.58 bits per heavy atom. The van der Waals surface area contributed by atoms with Crippen molar-refractivity contribution in [1.82, 2.24) is 14.9 Å². The summed E-state index contributed by atoms with van der Waals surface area (Å²) < 4.78 is 24.8. The van der Waals surface area contributed by atoms with Crippen molar-refractivity contribution in [2.24, 2.45) is 0 Å². The molecule has 1 aromatic heterocycles. The fraction of sp³-hybridized carbons (Fsp3) is 0.636. The van der Waals surface area contributed by atoms with Gasteiger partial charge in [-0.1, -0.05) is 0 Å². The van der Waals surface area contributed by atoms with E-state index in [1.165, 1.54) is 6.33 Å². The van der Waals surface area contributed by atoms with Gasteiger partial charge in [0, 0.05) is 19.1 Å². The van der Waals surface area contributed by atoms with Crippen LogP contribution in [0.15, 0.2) is 11.1 Å². The SMILES string of the molecule is Cc1ncn(CCNC2CCS(=O)(=O)C2)c(=O)c1I. The molecule has 6 nitrogen and oxygen atoms in total. The van der Waals surface area contributed by atoms with Gasteiger partial charge in [-0.05, 0) is 35.9 Å². The summed E-state index contributed by atoms with van der Waals surface area (Å²) in [6.07, 6.45) is 2.19. The monoisotopic (exact) mass is 397 g/mol. The van der Waals surface area contributed by atoms with E-state index in [2.05, 4.69) is 10.3 Å². The van der Waals surface area contributed by atoms with Gasteiger partial charge in [-0.25, -0.2) is 13.4 Å². The number of nitrogens with zero attached hydrogens (tertiary/aromatic N) is 2. The molecular weight excluding hydrogens is 381 g/mol. The second-order valence-electron chi connectivity index (χ2n) is 4.70. The topological polar surface area (TPSA) is 81.1 Å². The maximum absolute atomic E-state index is 11.9. The zero-order chi connectivity index (χ0) is 14.0. The molecule has 0 saturated carbocycles.